The summed E-state index contributed by atoms with van der Waals surface area (Å²) in [6.07, 6.45) is 0. The number of benzene rings is 2. The number of thioether (sulfide) groups is 1. The summed E-state index contributed by atoms with van der Waals surface area (Å²) in [7, 11) is 0. The summed E-state index contributed by atoms with van der Waals surface area (Å²) in [6, 6.07) is 19.4. The molecule has 0 fully saturated rings. The van der Waals surface area contributed by atoms with Crippen LogP contribution in [0.1, 0.15) is 5.56 Å². The van der Waals surface area contributed by atoms with E-state index in [1.165, 1.54) is 11.8 Å². The first-order chi connectivity index (χ1) is 11.2. The van der Waals surface area contributed by atoms with Gasteiger partial charge in [0.25, 0.3) is 5.91 Å². The molecule has 2 atom stereocenters. The number of hydrogen-bond acceptors (Lipinski definition) is 4. The van der Waals surface area contributed by atoms with Gasteiger partial charge in [-0.15, -0.1) is 11.6 Å². The molecule has 118 valence electrons. The van der Waals surface area contributed by atoms with Crippen molar-refractivity contribution >= 4 is 29.3 Å². The van der Waals surface area contributed by atoms with Crippen LogP contribution in [0.2, 0.25) is 0 Å². The molecule has 1 aliphatic rings. The third kappa shape index (κ3) is 3.57. The lowest BCUT2D eigenvalue weighted by molar-refractivity contribution is -0.123. The van der Waals surface area contributed by atoms with Crippen molar-refractivity contribution in [2.45, 2.75) is 21.7 Å². The average molecular weight is 346 g/mol. The maximum atomic E-state index is 12.8. The Labute approximate surface area is 144 Å². The van der Waals surface area contributed by atoms with Crippen molar-refractivity contribution in [3.05, 3.63) is 66.2 Å². The minimum Gasteiger partial charge on any atom is -0.349 e. The van der Waals surface area contributed by atoms with Gasteiger partial charge in [-0.05, 0) is 17.7 Å². The monoisotopic (exact) mass is 345 g/mol. The summed E-state index contributed by atoms with van der Waals surface area (Å²) >= 11 is 7.74. The van der Waals surface area contributed by atoms with Crippen LogP contribution in [0.15, 0.2) is 75.8 Å². The highest BCUT2D eigenvalue weighted by molar-refractivity contribution is 8.01. The number of nitrogens with one attached hydrogen (secondary N) is 1. The Morgan fingerprint density at radius 2 is 1.83 bits per heavy atom. The van der Waals surface area contributed by atoms with E-state index in [4.69, 9.17) is 11.6 Å². The normalized spacial score (nSPS) is 22.9. The number of hydrogen-bond donors (Lipinski definition) is 1. The molecule has 1 amide bonds. The molecule has 0 radical (unpaired) electrons. The van der Waals surface area contributed by atoms with Gasteiger partial charge in [-0.25, -0.2) is 0 Å². The molecule has 0 bridgehead atoms. The van der Waals surface area contributed by atoms with Crippen molar-refractivity contribution in [1.29, 1.82) is 0 Å². The number of carbonyl (C=O) groups is 1. The molecule has 1 N–H and O–H groups in total. The number of halogens is 1. The first-order valence-electron chi connectivity index (χ1n) is 7.30. The minimum absolute atomic E-state index is 0.212. The number of nitrogens with zero attached hydrogens (tertiary/aromatic N) is 2. The highest BCUT2D eigenvalue weighted by Gasteiger charge is 2.49. The van der Waals surface area contributed by atoms with Crippen LogP contribution in [-0.2, 0) is 11.3 Å². The Bertz CT molecular complexity index is 695. The van der Waals surface area contributed by atoms with Gasteiger partial charge < -0.3 is 5.32 Å². The fraction of sp³-hybridized carbons (Fsp3) is 0.235. The first-order valence-corrected chi connectivity index (χ1v) is 8.55. The predicted molar refractivity (Wildman–Crippen MR) is 92.7 cm³/mol. The molecule has 0 spiro atoms. The Morgan fingerprint density at radius 1 is 1.17 bits per heavy atom. The Kier molecular flexibility index (Phi) is 4.98. The largest absolute Gasteiger partial charge is 0.349 e. The summed E-state index contributed by atoms with van der Waals surface area (Å²) in [5, 5.41) is 10.7. The molecular weight excluding hydrogens is 330 g/mol. The second-order valence-corrected chi connectivity index (χ2v) is 7.00. The van der Waals surface area contributed by atoms with Crippen LogP contribution in [0.5, 0.6) is 0 Å². The number of carbonyl (C=O) groups excluding carboxylic acids is 1. The quantitative estimate of drug-likeness (QED) is 0.836. The van der Waals surface area contributed by atoms with E-state index < -0.39 is 10.2 Å². The zero-order valence-corrected chi connectivity index (χ0v) is 13.9. The van der Waals surface area contributed by atoms with E-state index in [9.17, 15) is 4.79 Å². The van der Waals surface area contributed by atoms with Gasteiger partial charge in [-0.1, -0.05) is 60.3 Å². The van der Waals surface area contributed by atoms with Gasteiger partial charge >= 0.3 is 0 Å². The van der Waals surface area contributed by atoms with Gasteiger partial charge in [0.2, 0.25) is 4.87 Å². The highest BCUT2D eigenvalue weighted by Crippen LogP contribution is 2.43. The molecule has 0 unspecified atom stereocenters. The van der Waals surface area contributed by atoms with E-state index in [-0.39, 0.29) is 5.91 Å². The van der Waals surface area contributed by atoms with Gasteiger partial charge in [0.1, 0.15) is 5.38 Å². The van der Waals surface area contributed by atoms with E-state index in [2.05, 4.69) is 15.5 Å². The number of azo groups is 1. The SMILES string of the molecule is O=C(NCc1ccccc1)[C@@]1(Sc2ccccc2)N=NC[C@@H]1Cl. The molecular formula is C17H16ClN3OS. The smallest absolute Gasteiger partial charge is 0.262 e. The van der Waals surface area contributed by atoms with Gasteiger partial charge in [-0.3, -0.25) is 4.79 Å². The topological polar surface area (TPSA) is 53.8 Å². The molecule has 4 nitrogen and oxygen atoms in total. The van der Waals surface area contributed by atoms with Crippen molar-refractivity contribution in [3.63, 3.8) is 0 Å². The van der Waals surface area contributed by atoms with Gasteiger partial charge in [0.05, 0.1) is 6.54 Å². The van der Waals surface area contributed by atoms with Crippen LogP contribution in [0.3, 0.4) is 0 Å². The summed E-state index contributed by atoms with van der Waals surface area (Å²) in [6.45, 7) is 0.788. The van der Waals surface area contributed by atoms with E-state index in [1.54, 1.807) is 0 Å². The van der Waals surface area contributed by atoms with Gasteiger partial charge in [-0.2, -0.15) is 10.2 Å². The molecule has 23 heavy (non-hydrogen) atoms. The fourth-order valence-electron chi connectivity index (χ4n) is 2.30. The molecule has 2 aromatic carbocycles. The van der Waals surface area contributed by atoms with Gasteiger partial charge in [0.15, 0.2) is 0 Å². The predicted octanol–water partition coefficient (Wildman–Crippen LogP) is 3.86. The summed E-state index contributed by atoms with van der Waals surface area (Å²) in [4.78, 5) is 12.6. The van der Waals surface area contributed by atoms with Crippen LogP contribution in [0.4, 0.5) is 0 Å². The van der Waals surface area contributed by atoms with Crippen LogP contribution in [-0.4, -0.2) is 22.7 Å². The zero-order valence-electron chi connectivity index (χ0n) is 12.4. The lowest BCUT2D eigenvalue weighted by Crippen LogP contribution is -2.47. The Balaban J connectivity index is 1.76. The molecule has 3 rings (SSSR count). The van der Waals surface area contributed by atoms with E-state index in [1.807, 2.05) is 60.7 Å². The fourth-order valence-corrected chi connectivity index (χ4v) is 3.75. The van der Waals surface area contributed by atoms with Crippen molar-refractivity contribution in [1.82, 2.24) is 5.32 Å². The van der Waals surface area contributed by atoms with Crippen molar-refractivity contribution in [3.8, 4) is 0 Å². The molecule has 0 saturated heterocycles. The molecule has 0 saturated carbocycles. The maximum absolute atomic E-state index is 12.8. The van der Waals surface area contributed by atoms with E-state index in [0.29, 0.717) is 13.1 Å². The molecule has 2 aromatic rings. The molecule has 6 heteroatoms. The second kappa shape index (κ2) is 7.15. The molecule has 1 heterocycles. The van der Waals surface area contributed by atoms with Crippen molar-refractivity contribution in [2.75, 3.05) is 6.54 Å². The third-order valence-electron chi connectivity index (χ3n) is 3.52. The minimum atomic E-state index is -1.11. The van der Waals surface area contributed by atoms with Crippen molar-refractivity contribution < 1.29 is 4.79 Å². The maximum Gasteiger partial charge on any atom is 0.262 e. The third-order valence-corrected chi connectivity index (χ3v) is 5.48. The summed E-state index contributed by atoms with van der Waals surface area (Å²) < 4.78 is 0. The standard InChI is InChI=1S/C17H16ClN3OS/c18-15-12-20-21-17(15,23-14-9-5-2-6-10-14)16(22)19-11-13-7-3-1-4-8-13/h1-10,15H,11-12H2,(H,19,22)/t15-,17+/m0/s1. The number of amides is 1. The average Bonchev–Trinajstić information content (AvgIpc) is 2.96. The van der Waals surface area contributed by atoms with Crippen molar-refractivity contribution in [2.24, 2.45) is 10.2 Å². The lowest BCUT2D eigenvalue weighted by Gasteiger charge is -2.26. The first kappa shape index (κ1) is 16.0. The highest BCUT2D eigenvalue weighted by atomic mass is 35.5. The number of alkyl halides is 1. The Morgan fingerprint density at radius 3 is 2.43 bits per heavy atom. The summed E-state index contributed by atoms with van der Waals surface area (Å²) in [5.41, 5.74) is 1.03. The number of rotatable bonds is 5. The van der Waals surface area contributed by atoms with Gasteiger partial charge in [0, 0.05) is 11.4 Å². The Hall–Kier alpha value is -1.85. The molecule has 0 aliphatic carbocycles. The van der Waals surface area contributed by atoms with Crippen LogP contribution >= 0.6 is 23.4 Å². The lowest BCUT2D eigenvalue weighted by atomic mass is 10.2. The molecule has 1 aliphatic heterocycles. The summed E-state index contributed by atoms with van der Waals surface area (Å²) in [5.74, 6) is -0.212. The zero-order chi connectivity index (χ0) is 16.1. The second-order valence-electron chi connectivity index (χ2n) is 5.17. The van der Waals surface area contributed by atoms with Crippen LogP contribution in [0, 0.1) is 0 Å². The van der Waals surface area contributed by atoms with Crippen LogP contribution < -0.4 is 5.32 Å². The molecule has 0 aromatic heterocycles. The van der Waals surface area contributed by atoms with E-state index in [0.717, 1.165) is 10.5 Å². The van der Waals surface area contributed by atoms with Crippen LogP contribution in [0.25, 0.3) is 0 Å². The van der Waals surface area contributed by atoms with E-state index >= 15 is 0 Å².